The quantitative estimate of drug-likeness (QED) is 0.691. The summed E-state index contributed by atoms with van der Waals surface area (Å²) in [6.07, 6.45) is 5.73. The molecule has 0 radical (unpaired) electrons. The van der Waals surface area contributed by atoms with Gasteiger partial charge in [-0.1, -0.05) is 18.2 Å². The van der Waals surface area contributed by atoms with Crippen LogP contribution >= 0.6 is 0 Å². The number of carbonyl (C=O) groups is 3. The molecule has 1 heterocycles. The Balaban J connectivity index is 1.61. The SMILES string of the molecule is CC1(Nc2cccc(O)c2)C=CC=C(N2C(=O)c3ccc(C(=O)O)cc3C2=O)C1. The Bertz CT molecular complexity index is 1120. The summed E-state index contributed by atoms with van der Waals surface area (Å²) in [6, 6.07) is 10.6. The smallest absolute Gasteiger partial charge is 0.335 e. The topological polar surface area (TPSA) is 107 Å². The minimum Gasteiger partial charge on any atom is -0.508 e. The van der Waals surface area contributed by atoms with Gasteiger partial charge in [0.05, 0.1) is 22.2 Å². The fourth-order valence-corrected chi connectivity index (χ4v) is 3.65. The molecule has 4 rings (SSSR count). The van der Waals surface area contributed by atoms with Gasteiger partial charge in [-0.3, -0.25) is 9.59 Å². The fraction of sp³-hybridized carbons (Fsp3) is 0.136. The molecule has 0 spiro atoms. The van der Waals surface area contributed by atoms with Crippen LogP contribution in [0.25, 0.3) is 0 Å². The minimum atomic E-state index is -1.16. The van der Waals surface area contributed by atoms with Gasteiger partial charge in [0, 0.05) is 23.9 Å². The van der Waals surface area contributed by atoms with Gasteiger partial charge in [-0.2, -0.15) is 0 Å². The number of imide groups is 1. The second kappa shape index (κ2) is 6.63. The number of aromatic carboxylic acids is 1. The molecule has 0 saturated carbocycles. The molecule has 0 aromatic heterocycles. The second-order valence-electron chi connectivity index (χ2n) is 7.30. The lowest BCUT2D eigenvalue weighted by Gasteiger charge is -2.34. The van der Waals surface area contributed by atoms with E-state index >= 15 is 0 Å². The maximum Gasteiger partial charge on any atom is 0.335 e. The number of hydrogen-bond donors (Lipinski definition) is 3. The van der Waals surface area contributed by atoms with Crippen LogP contribution in [0.15, 0.2) is 66.4 Å². The van der Waals surface area contributed by atoms with Crippen molar-refractivity contribution < 1.29 is 24.6 Å². The molecule has 7 heteroatoms. The van der Waals surface area contributed by atoms with Crippen LogP contribution in [-0.4, -0.2) is 38.4 Å². The number of phenols is 1. The van der Waals surface area contributed by atoms with E-state index in [-0.39, 0.29) is 22.4 Å². The highest BCUT2D eigenvalue weighted by molar-refractivity contribution is 6.23. The van der Waals surface area contributed by atoms with Crippen molar-refractivity contribution in [3.05, 3.63) is 83.1 Å². The Kier molecular flexibility index (Phi) is 4.23. The minimum absolute atomic E-state index is 0.0420. The molecule has 1 aliphatic carbocycles. The number of amides is 2. The number of aromatic hydroxyl groups is 1. The number of phenolic OH excluding ortho intramolecular Hbond substituents is 1. The third-order valence-corrected chi connectivity index (χ3v) is 5.00. The van der Waals surface area contributed by atoms with E-state index in [2.05, 4.69) is 5.32 Å². The first-order valence-electron chi connectivity index (χ1n) is 8.99. The highest BCUT2D eigenvalue weighted by atomic mass is 16.4. The molecular formula is C22H18N2O5. The summed E-state index contributed by atoms with van der Waals surface area (Å²) in [5.74, 6) is -2.03. The Morgan fingerprint density at radius 2 is 1.86 bits per heavy atom. The molecule has 1 atom stereocenters. The number of fused-ring (bicyclic) bond motifs is 1. The van der Waals surface area contributed by atoms with Gasteiger partial charge >= 0.3 is 5.97 Å². The van der Waals surface area contributed by atoms with Crippen molar-refractivity contribution >= 4 is 23.5 Å². The molecule has 2 aromatic rings. The number of benzene rings is 2. The van der Waals surface area contributed by atoms with Crippen molar-refractivity contribution in [3.8, 4) is 5.75 Å². The van der Waals surface area contributed by atoms with Crippen LogP contribution in [0.2, 0.25) is 0 Å². The maximum absolute atomic E-state index is 12.9. The second-order valence-corrected chi connectivity index (χ2v) is 7.30. The lowest BCUT2D eigenvalue weighted by atomic mass is 9.90. The molecule has 0 fully saturated rings. The number of rotatable bonds is 4. The first kappa shape index (κ1) is 18.5. The summed E-state index contributed by atoms with van der Waals surface area (Å²) >= 11 is 0. The molecule has 0 saturated heterocycles. The van der Waals surface area contributed by atoms with E-state index in [0.29, 0.717) is 17.8 Å². The zero-order valence-corrected chi connectivity index (χ0v) is 15.5. The van der Waals surface area contributed by atoms with Crippen molar-refractivity contribution in [1.29, 1.82) is 0 Å². The van der Waals surface area contributed by atoms with Gasteiger partial charge < -0.3 is 15.5 Å². The maximum atomic E-state index is 12.9. The first-order chi connectivity index (χ1) is 13.8. The Morgan fingerprint density at radius 3 is 2.59 bits per heavy atom. The average Bonchev–Trinajstić information content (AvgIpc) is 2.91. The Hall–Kier alpha value is -3.87. The molecular weight excluding hydrogens is 372 g/mol. The Labute approximate surface area is 166 Å². The molecule has 2 aromatic carbocycles. The molecule has 29 heavy (non-hydrogen) atoms. The number of allylic oxidation sites excluding steroid dienone is 2. The van der Waals surface area contributed by atoms with Gasteiger partial charge in [-0.15, -0.1) is 0 Å². The summed E-state index contributed by atoms with van der Waals surface area (Å²) in [5.41, 5.74) is 0.850. The average molecular weight is 390 g/mol. The van der Waals surface area contributed by atoms with Gasteiger partial charge in [0.25, 0.3) is 11.8 Å². The van der Waals surface area contributed by atoms with Crippen molar-refractivity contribution in [2.45, 2.75) is 18.9 Å². The summed E-state index contributed by atoms with van der Waals surface area (Å²) < 4.78 is 0. The third-order valence-electron chi connectivity index (χ3n) is 5.00. The van der Waals surface area contributed by atoms with Gasteiger partial charge in [-0.05, 0) is 43.3 Å². The standard InChI is InChI=1S/C22H18N2O5/c1-22(23-14-4-2-6-16(25)11-14)9-3-5-15(12-22)24-19(26)17-8-7-13(21(28)29)10-18(17)20(24)27/h2-11,23,25H,12H2,1H3,(H,28,29). The fourth-order valence-electron chi connectivity index (χ4n) is 3.65. The first-order valence-corrected chi connectivity index (χ1v) is 8.99. The summed E-state index contributed by atoms with van der Waals surface area (Å²) in [6.45, 7) is 1.92. The number of nitrogens with zero attached hydrogens (tertiary/aromatic N) is 1. The predicted molar refractivity (Wildman–Crippen MR) is 106 cm³/mol. The Morgan fingerprint density at radius 1 is 1.10 bits per heavy atom. The number of hydrogen-bond acceptors (Lipinski definition) is 5. The van der Waals surface area contributed by atoms with E-state index < -0.39 is 23.3 Å². The molecule has 1 aliphatic heterocycles. The number of anilines is 1. The van der Waals surface area contributed by atoms with Crippen LogP contribution in [0.3, 0.4) is 0 Å². The largest absolute Gasteiger partial charge is 0.508 e. The monoisotopic (exact) mass is 390 g/mol. The predicted octanol–water partition coefficient (Wildman–Crippen LogP) is 3.40. The molecule has 2 amide bonds. The zero-order valence-electron chi connectivity index (χ0n) is 15.5. The van der Waals surface area contributed by atoms with Crippen LogP contribution in [0.5, 0.6) is 5.75 Å². The van der Waals surface area contributed by atoms with E-state index in [9.17, 15) is 19.5 Å². The van der Waals surface area contributed by atoms with Crippen molar-refractivity contribution in [1.82, 2.24) is 4.90 Å². The molecule has 7 nitrogen and oxygen atoms in total. The van der Waals surface area contributed by atoms with Gasteiger partial charge in [-0.25, -0.2) is 9.69 Å². The van der Waals surface area contributed by atoms with Gasteiger partial charge in [0.15, 0.2) is 0 Å². The number of carboxylic acids is 1. The van der Waals surface area contributed by atoms with E-state index in [1.54, 1.807) is 30.4 Å². The van der Waals surface area contributed by atoms with Crippen LogP contribution in [0, 0.1) is 0 Å². The molecule has 146 valence electrons. The lowest BCUT2D eigenvalue weighted by molar-refractivity contribution is 0.0687. The van der Waals surface area contributed by atoms with E-state index in [1.165, 1.54) is 18.2 Å². The zero-order chi connectivity index (χ0) is 20.8. The molecule has 2 aliphatic rings. The van der Waals surface area contributed by atoms with E-state index in [0.717, 1.165) is 4.90 Å². The molecule has 0 bridgehead atoms. The number of carbonyl (C=O) groups excluding carboxylic acids is 2. The van der Waals surface area contributed by atoms with E-state index in [4.69, 9.17) is 5.11 Å². The normalized spacial score (nSPS) is 20.4. The summed E-state index contributed by atoms with van der Waals surface area (Å²) in [4.78, 5) is 38.0. The summed E-state index contributed by atoms with van der Waals surface area (Å²) in [5, 5.41) is 22.1. The van der Waals surface area contributed by atoms with Gasteiger partial charge in [0.2, 0.25) is 0 Å². The number of carboxylic acid groups (broad SMARTS) is 1. The van der Waals surface area contributed by atoms with Crippen molar-refractivity contribution in [3.63, 3.8) is 0 Å². The lowest BCUT2D eigenvalue weighted by Crippen LogP contribution is -2.39. The molecule has 3 N–H and O–H groups in total. The van der Waals surface area contributed by atoms with Crippen LogP contribution in [0.4, 0.5) is 5.69 Å². The summed E-state index contributed by atoms with van der Waals surface area (Å²) in [7, 11) is 0. The third kappa shape index (κ3) is 3.27. The molecule has 1 unspecified atom stereocenters. The highest BCUT2D eigenvalue weighted by Crippen LogP contribution is 2.34. The van der Waals surface area contributed by atoms with Crippen LogP contribution < -0.4 is 5.32 Å². The van der Waals surface area contributed by atoms with Crippen molar-refractivity contribution in [2.24, 2.45) is 0 Å². The van der Waals surface area contributed by atoms with Crippen LogP contribution in [0.1, 0.15) is 44.4 Å². The van der Waals surface area contributed by atoms with E-state index in [1.807, 2.05) is 19.1 Å². The van der Waals surface area contributed by atoms with Gasteiger partial charge in [0.1, 0.15) is 5.75 Å². The van der Waals surface area contributed by atoms with Crippen molar-refractivity contribution in [2.75, 3.05) is 5.32 Å². The van der Waals surface area contributed by atoms with Crippen LogP contribution in [-0.2, 0) is 0 Å². The number of nitrogens with one attached hydrogen (secondary N) is 1. The highest BCUT2D eigenvalue weighted by Gasteiger charge is 2.40.